The highest BCUT2D eigenvalue weighted by Gasteiger charge is 2.12. The lowest BCUT2D eigenvalue weighted by Gasteiger charge is -2.09. The molecule has 0 aromatic carbocycles. The number of ether oxygens (including phenoxy) is 1. The number of hydrogen-bond acceptors (Lipinski definition) is 3. The molecule has 0 bridgehead atoms. The fourth-order valence-corrected chi connectivity index (χ4v) is 1.46. The Morgan fingerprint density at radius 3 is 3.08 bits per heavy atom. The van der Waals surface area contributed by atoms with Gasteiger partial charge in [-0.25, -0.2) is 4.98 Å². The van der Waals surface area contributed by atoms with Gasteiger partial charge in [0.2, 0.25) is 5.88 Å². The molecule has 0 unspecified atom stereocenters. The van der Waals surface area contributed by atoms with Crippen molar-refractivity contribution in [2.45, 2.75) is 26.4 Å². The smallest absolute Gasteiger partial charge is 0.213 e. The van der Waals surface area contributed by atoms with Crippen molar-refractivity contribution in [3.05, 3.63) is 17.8 Å². The van der Waals surface area contributed by atoms with Gasteiger partial charge in [0, 0.05) is 19.0 Å². The number of hydrogen-bond donors (Lipinski definition) is 1. The topological polar surface area (TPSA) is 34.1 Å². The molecule has 1 N–H and O–H groups in total. The Morgan fingerprint density at radius 2 is 2.31 bits per heavy atom. The second-order valence-electron chi connectivity index (χ2n) is 3.49. The number of pyridine rings is 1. The molecule has 3 heteroatoms. The van der Waals surface area contributed by atoms with E-state index >= 15 is 0 Å². The highest BCUT2D eigenvalue weighted by molar-refractivity contribution is 5.53. The minimum absolute atomic E-state index is 0.194. The van der Waals surface area contributed by atoms with Gasteiger partial charge in [0.15, 0.2) is 0 Å². The Bertz CT molecular complexity index is 310. The molecule has 0 atom stereocenters. The van der Waals surface area contributed by atoms with Crippen molar-refractivity contribution in [1.82, 2.24) is 4.98 Å². The summed E-state index contributed by atoms with van der Waals surface area (Å²) < 4.78 is 5.50. The van der Waals surface area contributed by atoms with Gasteiger partial charge in [0.25, 0.3) is 0 Å². The third kappa shape index (κ3) is 1.74. The molecule has 0 amide bonds. The maximum Gasteiger partial charge on any atom is 0.213 e. The Kier molecular flexibility index (Phi) is 2.08. The summed E-state index contributed by atoms with van der Waals surface area (Å²) in [6.07, 6.45) is 1.20. The Balaban J connectivity index is 2.21. The van der Waals surface area contributed by atoms with Crippen molar-refractivity contribution >= 4 is 5.69 Å². The summed E-state index contributed by atoms with van der Waals surface area (Å²) in [6.45, 7) is 5.01. The largest absolute Gasteiger partial charge is 0.475 e. The average Bonchev–Trinajstić information content (AvgIpc) is 2.49. The van der Waals surface area contributed by atoms with E-state index in [2.05, 4.69) is 10.3 Å². The van der Waals surface area contributed by atoms with Crippen LogP contribution in [0.4, 0.5) is 5.69 Å². The normalized spacial score (nSPS) is 14.1. The van der Waals surface area contributed by atoms with Crippen molar-refractivity contribution in [3.8, 4) is 5.88 Å². The van der Waals surface area contributed by atoms with Crippen molar-refractivity contribution in [2.24, 2.45) is 0 Å². The van der Waals surface area contributed by atoms with E-state index in [1.807, 2.05) is 26.0 Å². The molecule has 0 aliphatic carbocycles. The van der Waals surface area contributed by atoms with Crippen LogP contribution in [-0.4, -0.2) is 17.6 Å². The van der Waals surface area contributed by atoms with E-state index in [1.54, 1.807) is 0 Å². The number of nitrogens with zero attached hydrogens (tertiary/aromatic N) is 1. The summed E-state index contributed by atoms with van der Waals surface area (Å²) in [4.78, 5) is 4.41. The van der Waals surface area contributed by atoms with Gasteiger partial charge in [-0.05, 0) is 19.9 Å². The maximum atomic E-state index is 5.50. The van der Waals surface area contributed by atoms with Crippen LogP contribution in [0.15, 0.2) is 12.1 Å². The molecule has 0 saturated carbocycles. The van der Waals surface area contributed by atoms with Crippen molar-refractivity contribution in [1.29, 1.82) is 0 Å². The zero-order valence-corrected chi connectivity index (χ0v) is 8.00. The molecule has 1 aromatic heterocycles. The van der Waals surface area contributed by atoms with Gasteiger partial charge in [-0.1, -0.05) is 0 Å². The number of fused-ring (bicyclic) bond motifs is 1. The summed E-state index contributed by atoms with van der Waals surface area (Å²) in [6, 6.07) is 3.95. The average molecular weight is 178 g/mol. The highest BCUT2D eigenvalue weighted by Crippen LogP contribution is 2.22. The molecule has 1 aliphatic heterocycles. The summed E-state index contributed by atoms with van der Waals surface area (Å²) in [5.41, 5.74) is 2.27. The van der Waals surface area contributed by atoms with Gasteiger partial charge in [0.1, 0.15) is 0 Å². The summed E-state index contributed by atoms with van der Waals surface area (Å²) in [7, 11) is 0. The van der Waals surface area contributed by atoms with E-state index in [1.165, 1.54) is 0 Å². The molecule has 0 radical (unpaired) electrons. The summed E-state index contributed by atoms with van der Waals surface area (Å²) in [5.74, 6) is 0.734. The minimum atomic E-state index is 0.194. The van der Waals surface area contributed by atoms with Gasteiger partial charge in [0.05, 0.1) is 17.5 Å². The van der Waals surface area contributed by atoms with Crippen LogP contribution < -0.4 is 10.1 Å². The fraction of sp³-hybridized carbons (Fsp3) is 0.500. The molecule has 3 nitrogen and oxygen atoms in total. The van der Waals surface area contributed by atoms with Crippen molar-refractivity contribution in [2.75, 3.05) is 11.9 Å². The van der Waals surface area contributed by atoms with Crippen LogP contribution in [-0.2, 0) is 6.42 Å². The number of nitrogens with one attached hydrogen (secondary N) is 1. The van der Waals surface area contributed by atoms with Crippen LogP contribution in [0.1, 0.15) is 19.5 Å². The molecule has 0 saturated heterocycles. The predicted octanol–water partition coefficient (Wildman–Crippen LogP) is 1.84. The van der Waals surface area contributed by atoms with Crippen LogP contribution in [0.3, 0.4) is 0 Å². The third-order valence-electron chi connectivity index (χ3n) is 1.98. The maximum absolute atomic E-state index is 5.50. The lowest BCUT2D eigenvalue weighted by molar-refractivity contribution is 0.232. The molecule has 0 spiro atoms. The van der Waals surface area contributed by atoms with E-state index in [-0.39, 0.29) is 6.10 Å². The summed E-state index contributed by atoms with van der Waals surface area (Å²) in [5, 5.41) is 3.26. The van der Waals surface area contributed by atoms with E-state index in [4.69, 9.17) is 4.74 Å². The molecule has 2 heterocycles. The SMILES string of the molecule is CC(C)Oc1ccc2c(n1)CCN2. The van der Waals surface area contributed by atoms with E-state index < -0.39 is 0 Å². The Morgan fingerprint density at radius 1 is 1.46 bits per heavy atom. The van der Waals surface area contributed by atoms with Gasteiger partial charge in [-0.15, -0.1) is 0 Å². The molecule has 70 valence electrons. The first-order valence-electron chi connectivity index (χ1n) is 4.66. The van der Waals surface area contributed by atoms with Gasteiger partial charge in [-0.2, -0.15) is 0 Å². The lowest BCUT2D eigenvalue weighted by atomic mass is 10.3. The van der Waals surface area contributed by atoms with Crippen molar-refractivity contribution in [3.63, 3.8) is 0 Å². The first-order valence-corrected chi connectivity index (χ1v) is 4.66. The van der Waals surface area contributed by atoms with Crippen LogP contribution in [0.2, 0.25) is 0 Å². The van der Waals surface area contributed by atoms with E-state index in [0.29, 0.717) is 0 Å². The fourth-order valence-electron chi connectivity index (χ4n) is 1.46. The Hall–Kier alpha value is -1.25. The molecule has 1 aromatic rings. The highest BCUT2D eigenvalue weighted by atomic mass is 16.5. The molecule has 13 heavy (non-hydrogen) atoms. The standard InChI is InChI=1S/C10H14N2O/c1-7(2)13-10-4-3-8-9(12-10)5-6-11-8/h3-4,7,11H,5-6H2,1-2H3. The van der Waals surface area contributed by atoms with E-state index in [0.717, 1.165) is 30.2 Å². The number of aromatic nitrogens is 1. The minimum Gasteiger partial charge on any atom is -0.475 e. The Labute approximate surface area is 78.1 Å². The second-order valence-corrected chi connectivity index (χ2v) is 3.49. The molecular formula is C10H14N2O. The quantitative estimate of drug-likeness (QED) is 0.750. The third-order valence-corrected chi connectivity index (χ3v) is 1.98. The zero-order chi connectivity index (χ0) is 9.26. The second kappa shape index (κ2) is 3.24. The molecule has 2 rings (SSSR count). The molecule has 1 aliphatic rings. The van der Waals surface area contributed by atoms with Gasteiger partial charge >= 0.3 is 0 Å². The van der Waals surface area contributed by atoms with E-state index in [9.17, 15) is 0 Å². The van der Waals surface area contributed by atoms with Crippen LogP contribution in [0.25, 0.3) is 0 Å². The van der Waals surface area contributed by atoms with Crippen LogP contribution >= 0.6 is 0 Å². The first kappa shape index (κ1) is 8.35. The van der Waals surface area contributed by atoms with Crippen LogP contribution in [0, 0.1) is 0 Å². The molecular weight excluding hydrogens is 164 g/mol. The molecule has 0 fully saturated rings. The number of anilines is 1. The predicted molar refractivity (Wildman–Crippen MR) is 52.2 cm³/mol. The van der Waals surface area contributed by atoms with Gasteiger partial charge < -0.3 is 10.1 Å². The van der Waals surface area contributed by atoms with Gasteiger partial charge in [-0.3, -0.25) is 0 Å². The first-order chi connectivity index (χ1) is 6.25. The lowest BCUT2D eigenvalue weighted by Crippen LogP contribution is -2.07. The number of rotatable bonds is 2. The summed E-state index contributed by atoms with van der Waals surface area (Å²) >= 11 is 0. The zero-order valence-electron chi connectivity index (χ0n) is 8.00. The van der Waals surface area contributed by atoms with Crippen molar-refractivity contribution < 1.29 is 4.74 Å². The monoisotopic (exact) mass is 178 g/mol. The van der Waals surface area contributed by atoms with Crippen LogP contribution in [0.5, 0.6) is 5.88 Å².